The van der Waals surface area contributed by atoms with Crippen LogP contribution in [0.25, 0.3) is 0 Å². The molecule has 0 aromatic carbocycles. The van der Waals surface area contributed by atoms with Crippen LogP contribution in [0.5, 0.6) is 0 Å². The van der Waals surface area contributed by atoms with E-state index in [1.165, 1.54) is 12.0 Å². The van der Waals surface area contributed by atoms with Crippen LogP contribution in [0.15, 0.2) is 28.4 Å². The monoisotopic (exact) mass is 200 g/mol. The van der Waals surface area contributed by atoms with Gasteiger partial charge in [0.1, 0.15) is 22.2 Å². The molecule has 1 aliphatic carbocycles. The Labute approximate surface area is 73.8 Å². The van der Waals surface area contributed by atoms with Crippen molar-refractivity contribution in [3.05, 3.63) is 28.4 Å². The van der Waals surface area contributed by atoms with Crippen molar-refractivity contribution < 1.29 is 22.5 Å². The third-order valence-electron chi connectivity index (χ3n) is 1.77. The summed E-state index contributed by atoms with van der Waals surface area (Å²) in [6.45, 7) is 0. The number of rotatable bonds is 1. The third-order valence-corrected chi connectivity index (χ3v) is 2.68. The molecule has 2 rings (SSSR count). The van der Waals surface area contributed by atoms with E-state index in [-0.39, 0.29) is 5.57 Å². The summed E-state index contributed by atoms with van der Waals surface area (Å²) in [5.74, 6) is 1.96. The van der Waals surface area contributed by atoms with Crippen LogP contribution < -0.4 is 0 Å². The minimum Gasteiger partial charge on any atom is -0.477 e. The van der Waals surface area contributed by atoms with Gasteiger partial charge in [-0.3, -0.25) is 4.55 Å². The number of epoxide rings is 1. The van der Waals surface area contributed by atoms with Crippen LogP contribution in [-0.2, 0) is 19.6 Å². The molecule has 0 amide bonds. The zero-order valence-corrected chi connectivity index (χ0v) is 7.04. The zero-order chi connectivity index (χ0) is 9.64. The fourth-order valence-corrected chi connectivity index (χ4v) is 1.80. The summed E-state index contributed by atoms with van der Waals surface area (Å²) in [5.41, 5.74) is -0.167. The van der Waals surface area contributed by atoms with Crippen LogP contribution in [-0.4, -0.2) is 25.0 Å². The van der Waals surface area contributed by atoms with Gasteiger partial charge < -0.3 is 4.74 Å². The van der Waals surface area contributed by atoms with Crippen molar-refractivity contribution >= 4 is 16.1 Å². The molecular weight excluding hydrogens is 196 g/mol. The Morgan fingerprint density at radius 2 is 2.15 bits per heavy atom. The van der Waals surface area contributed by atoms with E-state index in [1.807, 2.05) is 0 Å². The molecule has 0 spiro atoms. The molecule has 1 N–H and O–H groups in total. The number of carbonyl (C=O) groups excluding carboxylic acids is 1. The first-order valence-electron chi connectivity index (χ1n) is 3.35. The predicted octanol–water partition coefficient (Wildman–Crippen LogP) is -0.188. The third kappa shape index (κ3) is 1.21. The summed E-state index contributed by atoms with van der Waals surface area (Å²) >= 11 is 0. The van der Waals surface area contributed by atoms with Crippen molar-refractivity contribution in [1.29, 1.82) is 0 Å². The maximum Gasteiger partial charge on any atom is 0.295 e. The number of ether oxygens (including phenoxy) is 1. The number of hydrogen-bond donors (Lipinski definition) is 1. The highest BCUT2D eigenvalue weighted by atomic mass is 32.2. The van der Waals surface area contributed by atoms with Gasteiger partial charge in [0.15, 0.2) is 6.10 Å². The Hall–Kier alpha value is -1.36. The highest BCUT2D eigenvalue weighted by Crippen LogP contribution is 2.40. The highest BCUT2D eigenvalue weighted by Gasteiger charge is 2.44. The van der Waals surface area contributed by atoms with E-state index >= 15 is 0 Å². The van der Waals surface area contributed by atoms with Gasteiger partial charge >= 0.3 is 0 Å². The lowest BCUT2D eigenvalue weighted by atomic mass is 10.1. The van der Waals surface area contributed by atoms with Crippen molar-refractivity contribution in [1.82, 2.24) is 0 Å². The molecule has 5 nitrogen and oxygen atoms in total. The van der Waals surface area contributed by atoms with E-state index in [2.05, 4.69) is 0 Å². The lowest BCUT2D eigenvalue weighted by Gasteiger charge is -2.01. The molecule has 68 valence electrons. The minimum atomic E-state index is -4.36. The van der Waals surface area contributed by atoms with Gasteiger partial charge in [-0.1, -0.05) is 0 Å². The predicted molar refractivity (Wildman–Crippen MR) is 41.8 cm³/mol. The molecule has 0 radical (unpaired) electrons. The van der Waals surface area contributed by atoms with Crippen LogP contribution in [0.4, 0.5) is 0 Å². The van der Waals surface area contributed by atoms with Gasteiger partial charge in [-0.2, -0.15) is 8.42 Å². The minimum absolute atomic E-state index is 0.167. The topological polar surface area (TPSA) is 84.0 Å². The smallest absolute Gasteiger partial charge is 0.295 e. The summed E-state index contributed by atoms with van der Waals surface area (Å²) in [7, 11) is -4.36. The largest absolute Gasteiger partial charge is 0.477 e. The molecular formula is C7H4O5S. The standard InChI is InChI=1S/C7H4O5S/c8-3-4-6(13(9,10)11)2-1-5-7(4)12-5/h1-2,7H,(H,9,10,11). The summed E-state index contributed by atoms with van der Waals surface area (Å²) in [6.07, 6.45) is 1.89. The van der Waals surface area contributed by atoms with Crippen LogP contribution in [0.3, 0.4) is 0 Å². The van der Waals surface area contributed by atoms with Gasteiger partial charge in [-0.05, 0) is 12.2 Å². The zero-order valence-electron chi connectivity index (χ0n) is 6.22. The molecule has 13 heavy (non-hydrogen) atoms. The fourth-order valence-electron chi connectivity index (χ4n) is 1.14. The van der Waals surface area contributed by atoms with Crippen molar-refractivity contribution in [2.45, 2.75) is 6.10 Å². The Kier molecular flexibility index (Phi) is 1.47. The maximum absolute atomic E-state index is 10.7. The molecule has 1 fully saturated rings. The van der Waals surface area contributed by atoms with E-state index in [4.69, 9.17) is 9.29 Å². The first-order valence-corrected chi connectivity index (χ1v) is 4.79. The second-order valence-electron chi connectivity index (χ2n) is 2.59. The molecule has 0 saturated carbocycles. The SMILES string of the molecule is O=C=C1C(S(=O)(=O)O)=CC=C2OC12. The fraction of sp³-hybridized carbons (Fsp3) is 0.143. The normalized spacial score (nSPS) is 25.0. The number of fused-ring (bicyclic) bond motifs is 1. The molecule has 0 aromatic heterocycles. The summed E-state index contributed by atoms with van der Waals surface area (Å²) < 4.78 is 35.0. The van der Waals surface area contributed by atoms with Crippen LogP contribution in [0.2, 0.25) is 0 Å². The average Bonchev–Trinajstić information content (AvgIpc) is 2.78. The Bertz CT molecular complexity index is 475. The van der Waals surface area contributed by atoms with E-state index in [9.17, 15) is 13.2 Å². The molecule has 6 heteroatoms. The summed E-state index contributed by atoms with van der Waals surface area (Å²) in [6, 6.07) is 0. The number of hydrogen-bond acceptors (Lipinski definition) is 4. The van der Waals surface area contributed by atoms with E-state index in [0.717, 1.165) is 6.08 Å². The Morgan fingerprint density at radius 1 is 1.46 bits per heavy atom. The van der Waals surface area contributed by atoms with Gasteiger partial charge in [0, 0.05) is 0 Å². The molecule has 1 aliphatic heterocycles. The molecule has 0 aromatic rings. The van der Waals surface area contributed by atoms with Gasteiger partial charge in [-0.25, -0.2) is 4.79 Å². The molecule has 1 atom stereocenters. The van der Waals surface area contributed by atoms with Gasteiger partial charge in [0.2, 0.25) is 0 Å². The van der Waals surface area contributed by atoms with Crippen LogP contribution in [0, 0.1) is 0 Å². The second kappa shape index (κ2) is 2.32. The molecule has 1 heterocycles. The van der Waals surface area contributed by atoms with Crippen LogP contribution >= 0.6 is 0 Å². The first-order chi connectivity index (χ1) is 6.04. The second-order valence-corrected chi connectivity index (χ2v) is 3.98. The van der Waals surface area contributed by atoms with E-state index in [0.29, 0.717) is 5.76 Å². The Morgan fingerprint density at radius 3 is 2.69 bits per heavy atom. The highest BCUT2D eigenvalue weighted by molar-refractivity contribution is 7.90. The Balaban J connectivity index is 2.57. The van der Waals surface area contributed by atoms with Gasteiger partial charge in [0.25, 0.3) is 10.1 Å². The quantitative estimate of drug-likeness (QED) is 0.360. The van der Waals surface area contributed by atoms with E-state index in [1.54, 1.807) is 0 Å². The van der Waals surface area contributed by atoms with Gasteiger partial charge in [0.05, 0.1) is 0 Å². The summed E-state index contributed by atoms with van der Waals surface area (Å²) in [5, 5.41) is 0. The maximum atomic E-state index is 10.7. The number of allylic oxidation sites excluding steroid dienone is 2. The first kappa shape index (κ1) is 8.25. The summed E-state index contributed by atoms with van der Waals surface area (Å²) in [4.78, 5) is 9.93. The van der Waals surface area contributed by atoms with Crippen molar-refractivity contribution in [2.75, 3.05) is 0 Å². The van der Waals surface area contributed by atoms with Crippen LogP contribution in [0.1, 0.15) is 0 Å². The van der Waals surface area contributed by atoms with Crippen molar-refractivity contribution in [2.24, 2.45) is 0 Å². The average molecular weight is 200 g/mol. The van der Waals surface area contributed by atoms with E-state index < -0.39 is 21.1 Å². The van der Waals surface area contributed by atoms with Gasteiger partial charge in [-0.15, -0.1) is 0 Å². The lowest BCUT2D eigenvalue weighted by Crippen LogP contribution is -2.10. The molecule has 2 aliphatic rings. The molecule has 1 unspecified atom stereocenters. The van der Waals surface area contributed by atoms with Crippen molar-refractivity contribution in [3.8, 4) is 0 Å². The molecule has 0 bridgehead atoms. The molecule has 1 saturated heterocycles. The van der Waals surface area contributed by atoms with Crippen molar-refractivity contribution in [3.63, 3.8) is 0 Å². The lowest BCUT2D eigenvalue weighted by molar-refractivity contribution is 0.456.